The zero-order valence-electron chi connectivity index (χ0n) is 15.8. The van der Waals surface area contributed by atoms with E-state index in [-0.39, 0.29) is 5.91 Å². The van der Waals surface area contributed by atoms with Crippen molar-refractivity contribution in [3.8, 4) is 5.75 Å². The fourth-order valence-corrected chi connectivity index (χ4v) is 2.99. The maximum Gasteiger partial charge on any atom is 0.279 e. The van der Waals surface area contributed by atoms with Crippen molar-refractivity contribution < 1.29 is 14.4 Å². The van der Waals surface area contributed by atoms with Crippen molar-refractivity contribution in [2.24, 2.45) is 0 Å². The van der Waals surface area contributed by atoms with Gasteiger partial charge in [0.05, 0.1) is 14.2 Å². The van der Waals surface area contributed by atoms with Crippen LogP contribution in [0.15, 0.2) is 42.5 Å². The first-order chi connectivity index (χ1) is 11.9. The quantitative estimate of drug-likeness (QED) is 0.813. The Bertz CT molecular complexity index is 726. The van der Waals surface area contributed by atoms with E-state index in [9.17, 15) is 4.79 Å². The number of amides is 1. The first-order valence-corrected chi connectivity index (χ1v) is 8.74. The minimum absolute atomic E-state index is 0.0385. The monoisotopic (exact) mass is 341 g/mol. The van der Waals surface area contributed by atoms with Gasteiger partial charge in [-0.1, -0.05) is 44.2 Å². The summed E-state index contributed by atoms with van der Waals surface area (Å²) in [6.45, 7) is 7.52. The van der Waals surface area contributed by atoms with Crippen LogP contribution in [0.5, 0.6) is 5.75 Å². The number of anilines is 1. The lowest BCUT2D eigenvalue weighted by atomic mass is 9.98. The maximum absolute atomic E-state index is 12.5. The number of rotatable bonds is 7. The Balaban J connectivity index is 2.00. The average molecular weight is 341 g/mol. The largest absolute Gasteiger partial charge is 0.497 e. The summed E-state index contributed by atoms with van der Waals surface area (Å²) in [5, 5.41) is 3.11. The SMILES string of the molecule is COc1cccc(C[NH+](C)CC(=O)Nc2c(C)cccc2C(C)C)c1. The number of benzene rings is 2. The van der Waals surface area contributed by atoms with E-state index in [0.29, 0.717) is 12.5 Å². The van der Waals surface area contributed by atoms with Gasteiger partial charge in [-0.25, -0.2) is 0 Å². The van der Waals surface area contributed by atoms with Crippen LogP contribution in [0.25, 0.3) is 0 Å². The predicted octanol–water partition coefficient (Wildman–Crippen LogP) is 2.78. The van der Waals surface area contributed by atoms with Crippen LogP contribution < -0.4 is 15.0 Å². The molecule has 134 valence electrons. The summed E-state index contributed by atoms with van der Waals surface area (Å²) in [5.41, 5.74) is 4.39. The number of quaternary nitrogens is 1. The number of hydrogen-bond donors (Lipinski definition) is 2. The van der Waals surface area contributed by atoms with E-state index in [1.54, 1.807) is 7.11 Å². The van der Waals surface area contributed by atoms with Gasteiger partial charge >= 0.3 is 0 Å². The highest BCUT2D eigenvalue weighted by Crippen LogP contribution is 2.27. The van der Waals surface area contributed by atoms with Gasteiger partial charge in [-0.15, -0.1) is 0 Å². The molecule has 0 spiro atoms. The van der Waals surface area contributed by atoms with Crippen LogP contribution in [-0.2, 0) is 11.3 Å². The van der Waals surface area contributed by atoms with Crippen LogP contribution in [0.1, 0.15) is 36.5 Å². The Morgan fingerprint density at radius 3 is 2.60 bits per heavy atom. The van der Waals surface area contributed by atoms with E-state index in [1.807, 2.05) is 44.3 Å². The van der Waals surface area contributed by atoms with Crippen molar-refractivity contribution >= 4 is 11.6 Å². The third-order valence-electron chi connectivity index (χ3n) is 4.29. The van der Waals surface area contributed by atoms with Gasteiger partial charge in [0.15, 0.2) is 6.54 Å². The minimum Gasteiger partial charge on any atom is -0.497 e. The molecule has 1 amide bonds. The van der Waals surface area contributed by atoms with Gasteiger partial charge in [-0.05, 0) is 36.1 Å². The van der Waals surface area contributed by atoms with Crippen molar-refractivity contribution in [3.63, 3.8) is 0 Å². The number of para-hydroxylation sites is 1. The number of aryl methyl sites for hydroxylation is 1. The van der Waals surface area contributed by atoms with Crippen LogP contribution >= 0.6 is 0 Å². The summed E-state index contributed by atoms with van der Waals surface area (Å²) >= 11 is 0. The van der Waals surface area contributed by atoms with Crippen molar-refractivity contribution in [1.82, 2.24) is 0 Å². The fourth-order valence-electron chi connectivity index (χ4n) is 2.99. The Morgan fingerprint density at radius 2 is 1.92 bits per heavy atom. The Labute approximate surface area is 150 Å². The maximum atomic E-state index is 12.5. The Kier molecular flexibility index (Phi) is 6.59. The van der Waals surface area contributed by atoms with E-state index in [4.69, 9.17) is 4.74 Å². The average Bonchev–Trinajstić information content (AvgIpc) is 2.56. The summed E-state index contributed by atoms with van der Waals surface area (Å²) < 4.78 is 5.26. The van der Waals surface area contributed by atoms with E-state index in [0.717, 1.165) is 34.0 Å². The third-order valence-corrected chi connectivity index (χ3v) is 4.29. The molecule has 4 nitrogen and oxygen atoms in total. The van der Waals surface area contributed by atoms with Crippen molar-refractivity contribution in [2.75, 3.05) is 26.0 Å². The molecule has 1 atom stereocenters. The van der Waals surface area contributed by atoms with Gasteiger partial charge in [0.2, 0.25) is 0 Å². The lowest BCUT2D eigenvalue weighted by Crippen LogP contribution is -3.08. The molecule has 2 rings (SSSR count). The van der Waals surface area contributed by atoms with Crippen LogP contribution in [0.4, 0.5) is 5.69 Å². The molecule has 0 aliphatic rings. The molecule has 25 heavy (non-hydrogen) atoms. The Morgan fingerprint density at radius 1 is 1.20 bits per heavy atom. The highest BCUT2D eigenvalue weighted by Gasteiger charge is 2.15. The molecule has 0 saturated carbocycles. The molecule has 0 heterocycles. The molecule has 0 saturated heterocycles. The van der Waals surface area contributed by atoms with E-state index >= 15 is 0 Å². The zero-order chi connectivity index (χ0) is 18.4. The van der Waals surface area contributed by atoms with Gasteiger partial charge in [-0.2, -0.15) is 0 Å². The lowest BCUT2D eigenvalue weighted by molar-refractivity contribution is -0.885. The third kappa shape index (κ3) is 5.33. The van der Waals surface area contributed by atoms with E-state index in [2.05, 4.69) is 31.3 Å². The van der Waals surface area contributed by atoms with Crippen LogP contribution in [0.2, 0.25) is 0 Å². The van der Waals surface area contributed by atoms with E-state index < -0.39 is 0 Å². The molecule has 0 aliphatic carbocycles. The van der Waals surface area contributed by atoms with Crippen molar-refractivity contribution in [3.05, 3.63) is 59.2 Å². The number of hydrogen-bond acceptors (Lipinski definition) is 2. The Hall–Kier alpha value is -2.33. The van der Waals surface area contributed by atoms with Gasteiger partial charge in [0.25, 0.3) is 5.91 Å². The summed E-state index contributed by atoms with van der Waals surface area (Å²) in [6, 6.07) is 14.1. The molecule has 2 N–H and O–H groups in total. The molecular formula is C21H29N2O2+. The summed E-state index contributed by atoms with van der Waals surface area (Å²) in [5.74, 6) is 1.25. The van der Waals surface area contributed by atoms with Crippen molar-refractivity contribution in [1.29, 1.82) is 0 Å². The molecular weight excluding hydrogens is 312 g/mol. The number of methoxy groups -OCH3 is 1. The molecule has 0 radical (unpaired) electrons. The number of nitrogens with one attached hydrogen (secondary N) is 2. The molecule has 0 fully saturated rings. The molecule has 2 aromatic carbocycles. The highest BCUT2D eigenvalue weighted by molar-refractivity contribution is 5.93. The van der Waals surface area contributed by atoms with E-state index in [1.165, 1.54) is 5.56 Å². The molecule has 0 aromatic heterocycles. The molecule has 2 aromatic rings. The van der Waals surface area contributed by atoms with Crippen LogP contribution in [0.3, 0.4) is 0 Å². The lowest BCUT2D eigenvalue weighted by Gasteiger charge is -2.18. The number of likely N-dealkylation sites (N-methyl/N-ethyl adjacent to an activating group) is 1. The summed E-state index contributed by atoms with van der Waals surface area (Å²) in [7, 11) is 3.69. The topological polar surface area (TPSA) is 42.8 Å². The van der Waals surface area contributed by atoms with Gasteiger partial charge < -0.3 is 15.0 Å². The molecule has 4 heteroatoms. The fraction of sp³-hybridized carbons (Fsp3) is 0.381. The summed E-state index contributed by atoms with van der Waals surface area (Å²) in [4.78, 5) is 13.6. The summed E-state index contributed by atoms with van der Waals surface area (Å²) in [6.07, 6.45) is 0. The smallest absolute Gasteiger partial charge is 0.279 e. The van der Waals surface area contributed by atoms with Crippen molar-refractivity contribution in [2.45, 2.75) is 33.2 Å². The number of ether oxygens (including phenoxy) is 1. The second-order valence-electron chi connectivity index (χ2n) is 6.90. The highest BCUT2D eigenvalue weighted by atomic mass is 16.5. The molecule has 0 bridgehead atoms. The second kappa shape index (κ2) is 8.67. The second-order valence-corrected chi connectivity index (χ2v) is 6.90. The number of carbonyl (C=O) groups excluding carboxylic acids is 1. The standard InChI is InChI=1S/C21H28N2O2/c1-15(2)19-11-6-8-16(3)21(19)22-20(24)14-23(4)13-17-9-7-10-18(12-17)25-5/h6-12,15H,13-14H2,1-5H3,(H,22,24)/p+1. The molecule has 0 aliphatic heterocycles. The molecule has 1 unspecified atom stereocenters. The first-order valence-electron chi connectivity index (χ1n) is 8.74. The van der Waals surface area contributed by atoms with Crippen LogP contribution in [-0.4, -0.2) is 26.6 Å². The zero-order valence-corrected chi connectivity index (χ0v) is 15.8. The van der Waals surface area contributed by atoms with Gasteiger partial charge in [0.1, 0.15) is 12.3 Å². The predicted molar refractivity (Wildman–Crippen MR) is 102 cm³/mol. The normalized spacial score (nSPS) is 12.1. The minimum atomic E-state index is 0.0385. The van der Waals surface area contributed by atoms with Crippen LogP contribution in [0, 0.1) is 6.92 Å². The first kappa shape index (κ1) is 19.0. The number of carbonyl (C=O) groups is 1. The van der Waals surface area contributed by atoms with Gasteiger partial charge in [0, 0.05) is 11.3 Å². The van der Waals surface area contributed by atoms with Gasteiger partial charge in [-0.3, -0.25) is 4.79 Å².